The highest BCUT2D eigenvalue weighted by molar-refractivity contribution is 7.85. The molecule has 2 aromatic rings. The van der Waals surface area contributed by atoms with E-state index in [2.05, 4.69) is 9.88 Å². The highest BCUT2D eigenvalue weighted by Crippen LogP contribution is 2.22. The zero-order valence-electron chi connectivity index (χ0n) is 15.0. The first-order valence-corrected chi connectivity index (χ1v) is 10.5. The van der Waals surface area contributed by atoms with Crippen molar-refractivity contribution in [3.63, 3.8) is 0 Å². The molecule has 1 unspecified atom stereocenters. The van der Waals surface area contributed by atoms with Gasteiger partial charge in [-0.25, -0.2) is 8.78 Å². The van der Waals surface area contributed by atoms with Crippen LogP contribution in [0.3, 0.4) is 0 Å². The molecule has 0 saturated carbocycles. The Morgan fingerprint density at radius 1 is 1.19 bits per heavy atom. The minimum atomic E-state index is -1.41. The summed E-state index contributed by atoms with van der Waals surface area (Å²) >= 11 is 11.7. The van der Waals surface area contributed by atoms with Crippen LogP contribution in [0, 0.1) is 10.1 Å². The van der Waals surface area contributed by atoms with Gasteiger partial charge in [0, 0.05) is 43.3 Å². The van der Waals surface area contributed by atoms with E-state index in [4.69, 9.17) is 23.2 Å². The van der Waals surface area contributed by atoms with Crippen LogP contribution in [0.25, 0.3) is 0 Å². The molecule has 27 heavy (non-hydrogen) atoms. The van der Waals surface area contributed by atoms with E-state index in [1.54, 1.807) is 11.4 Å². The summed E-state index contributed by atoms with van der Waals surface area (Å²) in [6, 6.07) is 7.59. The third-order valence-corrected chi connectivity index (χ3v) is 5.79. The molecule has 0 aliphatic heterocycles. The largest absolute Gasteiger partial charge is 0.434 e. The van der Waals surface area contributed by atoms with Crippen molar-refractivity contribution in [3.8, 4) is 0 Å². The van der Waals surface area contributed by atoms with E-state index in [-0.39, 0.29) is 11.7 Å². The number of anilines is 2. The standard InChI is InChI=1S/C16H21Cl2N5O3S/c1-20-15(11-19-16(20)23(24)25)12-27(26)21(2)13-3-5-14(6-4-13)22(9-7-17)10-8-18/h3-6,11H,7-10,12H2,1-2H3. The molecule has 0 radical (unpaired) electrons. The van der Waals surface area contributed by atoms with E-state index in [0.29, 0.717) is 30.5 Å². The lowest BCUT2D eigenvalue weighted by Gasteiger charge is -2.24. The van der Waals surface area contributed by atoms with Crippen molar-refractivity contribution in [2.24, 2.45) is 7.05 Å². The van der Waals surface area contributed by atoms with Crippen LogP contribution in [0.1, 0.15) is 5.69 Å². The minimum Gasteiger partial charge on any atom is -0.390 e. The third kappa shape index (κ3) is 5.33. The molecule has 1 aromatic carbocycles. The normalized spacial score (nSPS) is 12.0. The summed E-state index contributed by atoms with van der Waals surface area (Å²) < 4.78 is 15.6. The number of nitro groups is 1. The van der Waals surface area contributed by atoms with Crippen molar-refractivity contribution in [2.75, 3.05) is 41.1 Å². The number of halogens is 2. The predicted molar refractivity (Wildman–Crippen MR) is 110 cm³/mol. The molecule has 0 aliphatic carbocycles. The van der Waals surface area contributed by atoms with Gasteiger partial charge >= 0.3 is 5.95 Å². The van der Waals surface area contributed by atoms with Gasteiger partial charge in [-0.1, -0.05) is 4.98 Å². The molecule has 148 valence electrons. The molecule has 0 spiro atoms. The van der Waals surface area contributed by atoms with E-state index < -0.39 is 15.9 Å². The lowest BCUT2D eigenvalue weighted by atomic mass is 10.2. The average molecular weight is 434 g/mol. The SMILES string of the molecule is CN(c1ccc(N(CCCl)CCCl)cc1)S(=O)Cc1cnc([N+](=O)[O-])n1C. The van der Waals surface area contributed by atoms with E-state index in [1.807, 2.05) is 24.3 Å². The van der Waals surface area contributed by atoms with Gasteiger partial charge in [0.2, 0.25) is 0 Å². The van der Waals surface area contributed by atoms with Crippen LogP contribution in [0.2, 0.25) is 0 Å². The van der Waals surface area contributed by atoms with Crippen LogP contribution in [-0.4, -0.2) is 50.6 Å². The average Bonchev–Trinajstić information content (AvgIpc) is 3.01. The fourth-order valence-corrected chi connectivity index (χ4v) is 4.01. The summed E-state index contributed by atoms with van der Waals surface area (Å²) in [5.41, 5.74) is 2.28. The molecule has 0 N–H and O–H groups in total. The van der Waals surface area contributed by atoms with Crippen LogP contribution in [0.15, 0.2) is 30.5 Å². The number of hydrogen-bond acceptors (Lipinski definition) is 5. The Kier molecular flexibility index (Phi) is 7.88. The summed E-state index contributed by atoms with van der Waals surface area (Å²) in [4.78, 5) is 16.1. The van der Waals surface area contributed by atoms with Crippen molar-refractivity contribution in [1.82, 2.24) is 9.55 Å². The number of rotatable bonds is 10. The Balaban J connectivity index is 2.09. The first kappa shape index (κ1) is 21.5. The maximum atomic E-state index is 12.6. The maximum Gasteiger partial charge on any atom is 0.434 e. The fourth-order valence-electron chi connectivity index (χ4n) is 2.53. The van der Waals surface area contributed by atoms with E-state index in [9.17, 15) is 14.3 Å². The van der Waals surface area contributed by atoms with Gasteiger partial charge in [0.15, 0.2) is 0 Å². The van der Waals surface area contributed by atoms with Gasteiger partial charge in [-0.15, -0.1) is 23.2 Å². The van der Waals surface area contributed by atoms with E-state index >= 15 is 0 Å². The predicted octanol–water partition coefficient (Wildman–Crippen LogP) is 2.91. The van der Waals surface area contributed by atoms with Crippen molar-refractivity contribution >= 4 is 51.5 Å². The van der Waals surface area contributed by atoms with Gasteiger partial charge in [0.05, 0.1) is 7.05 Å². The number of imidazole rings is 1. The monoisotopic (exact) mass is 433 g/mol. The molecule has 0 aliphatic rings. The van der Waals surface area contributed by atoms with Crippen LogP contribution in [0.5, 0.6) is 0 Å². The molecule has 2 rings (SSSR count). The first-order chi connectivity index (χ1) is 12.9. The molecular weight excluding hydrogens is 413 g/mol. The number of hydrogen-bond donors (Lipinski definition) is 0. The summed E-state index contributed by atoms with van der Waals surface area (Å²) in [5.74, 6) is 0.853. The second-order valence-corrected chi connectivity index (χ2v) is 7.95. The highest BCUT2D eigenvalue weighted by Gasteiger charge is 2.21. The number of alkyl halides is 2. The number of aromatic nitrogens is 2. The Morgan fingerprint density at radius 2 is 1.74 bits per heavy atom. The van der Waals surface area contributed by atoms with Crippen molar-refractivity contribution in [2.45, 2.75) is 5.75 Å². The Hall–Kier alpha value is -1.84. The van der Waals surface area contributed by atoms with E-state index in [0.717, 1.165) is 11.4 Å². The zero-order valence-corrected chi connectivity index (χ0v) is 17.4. The van der Waals surface area contributed by atoms with Gasteiger partial charge in [0.1, 0.15) is 28.6 Å². The van der Waals surface area contributed by atoms with Crippen LogP contribution in [0.4, 0.5) is 17.3 Å². The summed E-state index contributed by atoms with van der Waals surface area (Å²) in [7, 11) is 1.84. The minimum absolute atomic E-state index is 0.125. The Labute approximate surface area is 170 Å². The molecular formula is C16H21Cl2N5O3S. The van der Waals surface area contributed by atoms with Crippen molar-refractivity contribution < 1.29 is 9.13 Å². The highest BCUT2D eigenvalue weighted by atomic mass is 35.5. The van der Waals surface area contributed by atoms with Crippen LogP contribution in [-0.2, 0) is 23.8 Å². The van der Waals surface area contributed by atoms with Gasteiger partial charge < -0.3 is 15.0 Å². The summed E-state index contributed by atoms with van der Waals surface area (Å²) in [5, 5.41) is 10.9. The molecule has 8 nitrogen and oxygen atoms in total. The first-order valence-electron chi connectivity index (χ1n) is 8.13. The zero-order chi connectivity index (χ0) is 20.0. The maximum absolute atomic E-state index is 12.6. The fraction of sp³-hybridized carbons (Fsp3) is 0.438. The van der Waals surface area contributed by atoms with Crippen molar-refractivity contribution in [3.05, 3.63) is 46.3 Å². The van der Waals surface area contributed by atoms with Gasteiger partial charge in [-0.2, -0.15) is 0 Å². The Bertz CT molecular complexity index is 794. The van der Waals surface area contributed by atoms with E-state index in [1.165, 1.54) is 17.8 Å². The smallest absolute Gasteiger partial charge is 0.390 e. The number of benzene rings is 1. The molecule has 0 fully saturated rings. The molecule has 0 saturated heterocycles. The topological polar surface area (TPSA) is 84.5 Å². The van der Waals surface area contributed by atoms with Gasteiger partial charge in [-0.3, -0.25) is 4.31 Å². The lowest BCUT2D eigenvalue weighted by Crippen LogP contribution is -2.27. The molecule has 0 bridgehead atoms. The molecule has 0 amide bonds. The molecule has 11 heteroatoms. The lowest BCUT2D eigenvalue weighted by molar-refractivity contribution is -0.396. The van der Waals surface area contributed by atoms with Gasteiger partial charge in [0.25, 0.3) is 0 Å². The number of nitrogens with zero attached hydrogens (tertiary/aromatic N) is 5. The van der Waals surface area contributed by atoms with Crippen LogP contribution >= 0.6 is 23.2 Å². The van der Waals surface area contributed by atoms with Crippen molar-refractivity contribution in [1.29, 1.82) is 0 Å². The molecule has 1 heterocycles. The Morgan fingerprint density at radius 3 is 2.22 bits per heavy atom. The molecule has 1 atom stereocenters. The third-order valence-electron chi connectivity index (χ3n) is 4.09. The second kappa shape index (κ2) is 9.91. The van der Waals surface area contributed by atoms with Gasteiger partial charge in [-0.05, 0) is 29.2 Å². The molecule has 1 aromatic heterocycles. The quantitative estimate of drug-likeness (QED) is 0.326. The van der Waals surface area contributed by atoms with Crippen LogP contribution < -0.4 is 9.21 Å². The second-order valence-electron chi connectivity index (χ2n) is 5.71. The summed E-state index contributed by atoms with van der Waals surface area (Å²) in [6.07, 6.45) is 1.38. The summed E-state index contributed by atoms with van der Waals surface area (Å²) in [6.45, 7) is 1.38.